The summed E-state index contributed by atoms with van der Waals surface area (Å²) in [4.78, 5) is 31.4. The number of carbonyl (C=O) groups excluding carboxylic acids is 2. The van der Waals surface area contributed by atoms with Crippen LogP contribution in [0.5, 0.6) is 0 Å². The molecule has 1 heterocycles. The molecule has 0 unspecified atom stereocenters. The van der Waals surface area contributed by atoms with Gasteiger partial charge in [0.1, 0.15) is 0 Å². The van der Waals surface area contributed by atoms with E-state index in [9.17, 15) is 9.59 Å². The molecule has 0 bridgehead atoms. The largest absolute Gasteiger partial charge is 0.377 e. The molecule has 1 fully saturated rings. The van der Waals surface area contributed by atoms with Gasteiger partial charge < -0.3 is 15.1 Å². The van der Waals surface area contributed by atoms with Crippen LogP contribution in [0.25, 0.3) is 0 Å². The van der Waals surface area contributed by atoms with E-state index in [1.807, 2.05) is 72.9 Å². The molecule has 3 aromatic rings. The molecule has 184 valence electrons. The van der Waals surface area contributed by atoms with Crippen molar-refractivity contribution in [1.29, 1.82) is 0 Å². The van der Waals surface area contributed by atoms with Gasteiger partial charge in [-0.05, 0) is 60.5 Å². The van der Waals surface area contributed by atoms with Gasteiger partial charge in [0, 0.05) is 42.8 Å². The number of anilines is 2. The Morgan fingerprint density at radius 3 is 2.43 bits per heavy atom. The van der Waals surface area contributed by atoms with E-state index in [1.54, 1.807) is 11.3 Å². The summed E-state index contributed by atoms with van der Waals surface area (Å²) >= 11 is 1.61. The van der Waals surface area contributed by atoms with Gasteiger partial charge >= 0.3 is 0 Å². The Hall–Kier alpha value is -3.12. The number of thiophene rings is 1. The first-order chi connectivity index (χ1) is 16.9. The first-order valence-electron chi connectivity index (χ1n) is 12.4. The molecule has 35 heavy (non-hydrogen) atoms. The number of benzene rings is 2. The molecule has 2 amide bonds. The number of nitrogens with one attached hydrogen (secondary N) is 1. The Balaban J connectivity index is 1.63. The lowest BCUT2D eigenvalue weighted by molar-refractivity contribution is -0.133. The van der Waals surface area contributed by atoms with Crippen LogP contribution in [0.4, 0.5) is 11.4 Å². The molecular formula is C29H35N3O2S. The minimum absolute atomic E-state index is 0.0876. The average Bonchev–Trinajstić information content (AvgIpc) is 3.57. The summed E-state index contributed by atoms with van der Waals surface area (Å²) in [6, 6.07) is 20.1. The summed E-state index contributed by atoms with van der Waals surface area (Å²) in [5.41, 5.74) is 3.95. The van der Waals surface area contributed by atoms with Crippen molar-refractivity contribution in [3.05, 3.63) is 82.0 Å². The Kier molecular flexibility index (Phi) is 8.24. The summed E-state index contributed by atoms with van der Waals surface area (Å²) in [7, 11) is 4.02. The van der Waals surface area contributed by atoms with E-state index in [-0.39, 0.29) is 23.8 Å². The second-order valence-corrected chi connectivity index (χ2v) is 10.6. The van der Waals surface area contributed by atoms with Crippen molar-refractivity contribution < 1.29 is 9.59 Å². The predicted octanol–water partition coefficient (Wildman–Crippen LogP) is 6.28. The lowest BCUT2D eigenvalue weighted by Crippen LogP contribution is -2.34. The van der Waals surface area contributed by atoms with Crippen molar-refractivity contribution in [3.63, 3.8) is 0 Å². The molecule has 0 saturated heterocycles. The smallest absolute Gasteiger partial charge is 0.228 e. The third-order valence-electron chi connectivity index (χ3n) is 6.87. The van der Waals surface area contributed by atoms with Crippen LogP contribution in [-0.2, 0) is 22.6 Å². The van der Waals surface area contributed by atoms with Gasteiger partial charge in [-0.3, -0.25) is 9.59 Å². The molecule has 1 atom stereocenters. The molecule has 1 N–H and O–H groups in total. The van der Waals surface area contributed by atoms with Gasteiger partial charge in [0.15, 0.2) is 0 Å². The fourth-order valence-corrected chi connectivity index (χ4v) is 5.55. The number of carbonyl (C=O) groups is 2. The maximum atomic E-state index is 13.6. The molecule has 1 saturated carbocycles. The molecule has 2 aromatic carbocycles. The van der Waals surface area contributed by atoms with Gasteiger partial charge in [-0.1, -0.05) is 49.2 Å². The Bertz CT molecular complexity index is 1120. The monoisotopic (exact) mass is 489 g/mol. The molecule has 1 aliphatic carbocycles. The summed E-state index contributed by atoms with van der Waals surface area (Å²) in [5.74, 6) is 0.303. The molecule has 0 spiro atoms. The summed E-state index contributed by atoms with van der Waals surface area (Å²) < 4.78 is 0. The summed E-state index contributed by atoms with van der Waals surface area (Å²) in [6.45, 7) is 2.55. The van der Waals surface area contributed by atoms with Crippen molar-refractivity contribution in [1.82, 2.24) is 4.90 Å². The van der Waals surface area contributed by atoms with Crippen LogP contribution in [0, 0.1) is 5.92 Å². The fourth-order valence-electron chi connectivity index (χ4n) is 4.86. The zero-order valence-electron chi connectivity index (χ0n) is 20.9. The number of nitrogens with zero attached hydrogens (tertiary/aromatic N) is 2. The van der Waals surface area contributed by atoms with Crippen LogP contribution < -0.4 is 10.2 Å². The number of hydrogen-bond acceptors (Lipinski definition) is 4. The van der Waals surface area contributed by atoms with Gasteiger partial charge in [0.25, 0.3) is 0 Å². The second-order valence-electron chi connectivity index (χ2n) is 9.57. The van der Waals surface area contributed by atoms with Crippen LogP contribution in [0.3, 0.4) is 0 Å². The first kappa shape index (κ1) is 25.0. The van der Waals surface area contributed by atoms with Gasteiger partial charge in [-0.25, -0.2) is 0 Å². The second kappa shape index (κ2) is 11.5. The van der Waals surface area contributed by atoms with E-state index in [4.69, 9.17) is 0 Å². The summed E-state index contributed by atoms with van der Waals surface area (Å²) in [5, 5.41) is 5.14. The van der Waals surface area contributed by atoms with E-state index in [2.05, 4.69) is 29.3 Å². The zero-order valence-corrected chi connectivity index (χ0v) is 21.7. The van der Waals surface area contributed by atoms with E-state index in [1.165, 1.54) is 0 Å². The van der Waals surface area contributed by atoms with Crippen LogP contribution in [0.2, 0.25) is 0 Å². The molecule has 0 aliphatic heterocycles. The molecule has 5 nitrogen and oxygen atoms in total. The highest BCUT2D eigenvalue weighted by atomic mass is 32.1. The van der Waals surface area contributed by atoms with Crippen molar-refractivity contribution in [2.24, 2.45) is 5.92 Å². The normalized spacial score (nSPS) is 14.5. The fraction of sp³-hybridized carbons (Fsp3) is 0.379. The van der Waals surface area contributed by atoms with Gasteiger partial charge in [-0.15, -0.1) is 11.3 Å². The molecule has 0 radical (unpaired) electrons. The van der Waals surface area contributed by atoms with Crippen molar-refractivity contribution >= 4 is 34.5 Å². The lowest BCUT2D eigenvalue weighted by Gasteiger charge is -2.31. The minimum atomic E-state index is -0.0876. The minimum Gasteiger partial charge on any atom is -0.377 e. The molecule has 6 heteroatoms. The van der Waals surface area contributed by atoms with E-state index in [0.717, 1.165) is 53.1 Å². The number of hydrogen-bond donors (Lipinski definition) is 1. The van der Waals surface area contributed by atoms with Crippen LogP contribution in [0.15, 0.2) is 66.0 Å². The third kappa shape index (κ3) is 6.31. The van der Waals surface area contributed by atoms with E-state index >= 15 is 0 Å². The average molecular weight is 490 g/mol. The van der Waals surface area contributed by atoms with Crippen molar-refractivity contribution in [2.45, 2.75) is 51.6 Å². The SMILES string of the molecule is C[C@@H](c1ccccc1)N(Cc1cc(NC(=O)C2CCCC2)ccc1N(C)C)C(=O)Cc1cccs1. The van der Waals surface area contributed by atoms with Crippen molar-refractivity contribution in [3.8, 4) is 0 Å². The Labute approximate surface area is 212 Å². The Morgan fingerprint density at radius 2 is 1.77 bits per heavy atom. The highest BCUT2D eigenvalue weighted by molar-refractivity contribution is 7.10. The zero-order chi connectivity index (χ0) is 24.8. The number of amides is 2. The molecule has 4 rings (SSSR count). The summed E-state index contributed by atoms with van der Waals surface area (Å²) in [6.07, 6.45) is 4.57. The van der Waals surface area contributed by atoms with Crippen LogP contribution in [-0.4, -0.2) is 30.8 Å². The molecular weight excluding hydrogens is 454 g/mol. The maximum Gasteiger partial charge on any atom is 0.228 e. The highest BCUT2D eigenvalue weighted by Crippen LogP contribution is 2.31. The van der Waals surface area contributed by atoms with E-state index in [0.29, 0.717) is 13.0 Å². The molecule has 1 aromatic heterocycles. The van der Waals surface area contributed by atoms with Gasteiger partial charge in [0.2, 0.25) is 11.8 Å². The molecule has 1 aliphatic rings. The topological polar surface area (TPSA) is 52.7 Å². The first-order valence-corrected chi connectivity index (χ1v) is 13.3. The Morgan fingerprint density at radius 1 is 1.03 bits per heavy atom. The van der Waals surface area contributed by atoms with Crippen molar-refractivity contribution in [2.75, 3.05) is 24.3 Å². The van der Waals surface area contributed by atoms with E-state index < -0.39 is 0 Å². The van der Waals surface area contributed by atoms with Gasteiger partial charge in [0.05, 0.1) is 12.5 Å². The lowest BCUT2D eigenvalue weighted by atomic mass is 10.0. The van der Waals surface area contributed by atoms with Crippen LogP contribution >= 0.6 is 11.3 Å². The standard InChI is InChI=1S/C29H35N3O2S/c1-21(22-10-5-4-6-11-22)32(28(33)19-26-14-9-17-35-26)20-24-18-25(15-16-27(24)31(2)3)30-29(34)23-12-7-8-13-23/h4-6,9-11,14-18,21,23H,7-8,12-13,19-20H2,1-3H3,(H,30,34)/t21-/m0/s1. The number of rotatable bonds is 9. The highest BCUT2D eigenvalue weighted by Gasteiger charge is 2.25. The van der Waals surface area contributed by atoms with Gasteiger partial charge in [-0.2, -0.15) is 0 Å². The maximum absolute atomic E-state index is 13.6. The van der Waals surface area contributed by atoms with Crippen LogP contribution in [0.1, 0.15) is 54.7 Å². The quantitative estimate of drug-likeness (QED) is 0.385. The predicted molar refractivity (Wildman–Crippen MR) is 145 cm³/mol. The third-order valence-corrected chi connectivity index (χ3v) is 7.75.